The molecular weight excluding hydrogens is 380 g/mol. The average Bonchev–Trinajstić information content (AvgIpc) is 3.05. The van der Waals surface area contributed by atoms with Crippen molar-refractivity contribution in [3.8, 4) is 0 Å². The molecule has 7 nitrogen and oxygen atoms in total. The molecule has 2 heterocycles. The molecule has 0 aliphatic carbocycles. The third-order valence-corrected chi connectivity index (χ3v) is 6.17. The van der Waals surface area contributed by atoms with Crippen molar-refractivity contribution < 1.29 is 14.4 Å². The van der Waals surface area contributed by atoms with E-state index in [1.54, 1.807) is 4.90 Å². The molecule has 1 aromatic carbocycles. The number of nitrogens with one attached hydrogen (secondary N) is 2. The number of fused-ring (bicyclic) bond motifs is 1. The van der Waals surface area contributed by atoms with Crippen molar-refractivity contribution in [3.63, 3.8) is 0 Å². The van der Waals surface area contributed by atoms with Crippen molar-refractivity contribution in [2.45, 2.75) is 59.2 Å². The molecule has 7 heteroatoms. The summed E-state index contributed by atoms with van der Waals surface area (Å²) in [5.41, 5.74) is 2.24. The minimum Gasteiger partial charge on any atom is -0.352 e. The van der Waals surface area contributed by atoms with Crippen LogP contribution < -0.4 is 10.6 Å². The summed E-state index contributed by atoms with van der Waals surface area (Å²) in [5, 5.41) is 5.87. The summed E-state index contributed by atoms with van der Waals surface area (Å²) >= 11 is 0. The van der Waals surface area contributed by atoms with Crippen LogP contribution in [0.4, 0.5) is 4.79 Å². The Bertz CT molecular complexity index is 794. The minimum atomic E-state index is -0.250. The van der Waals surface area contributed by atoms with Crippen LogP contribution in [0.5, 0.6) is 0 Å². The summed E-state index contributed by atoms with van der Waals surface area (Å²) in [4.78, 5) is 41.8. The summed E-state index contributed by atoms with van der Waals surface area (Å²) < 4.78 is 0. The van der Waals surface area contributed by atoms with Crippen LogP contribution in [0.25, 0.3) is 0 Å². The molecule has 0 bridgehead atoms. The van der Waals surface area contributed by atoms with E-state index in [2.05, 4.69) is 24.5 Å². The molecule has 2 fully saturated rings. The second kappa shape index (κ2) is 9.49. The van der Waals surface area contributed by atoms with Gasteiger partial charge >= 0.3 is 6.03 Å². The van der Waals surface area contributed by atoms with Gasteiger partial charge in [0.25, 0.3) is 0 Å². The van der Waals surface area contributed by atoms with Gasteiger partial charge in [0.1, 0.15) is 6.54 Å². The molecule has 3 atom stereocenters. The molecule has 0 spiro atoms. The molecule has 2 N–H and O–H groups in total. The summed E-state index contributed by atoms with van der Waals surface area (Å²) in [6, 6.07) is 7.59. The van der Waals surface area contributed by atoms with Gasteiger partial charge in [-0.1, -0.05) is 38.1 Å². The monoisotopic (exact) mass is 414 g/mol. The Kier molecular flexibility index (Phi) is 7.00. The molecule has 164 valence electrons. The van der Waals surface area contributed by atoms with Gasteiger partial charge in [-0.15, -0.1) is 0 Å². The van der Waals surface area contributed by atoms with Crippen LogP contribution >= 0.6 is 0 Å². The Labute approximate surface area is 179 Å². The molecule has 3 rings (SSSR count). The molecule has 2 aliphatic rings. The second-order valence-electron chi connectivity index (χ2n) is 8.85. The van der Waals surface area contributed by atoms with E-state index in [0.29, 0.717) is 32.0 Å². The van der Waals surface area contributed by atoms with Crippen LogP contribution in [0.1, 0.15) is 44.7 Å². The van der Waals surface area contributed by atoms with Crippen molar-refractivity contribution in [3.05, 3.63) is 35.4 Å². The number of carbonyl (C=O) groups is 3. The van der Waals surface area contributed by atoms with Crippen LogP contribution in [0.3, 0.4) is 0 Å². The number of piperazine rings is 1. The summed E-state index contributed by atoms with van der Waals surface area (Å²) in [6.07, 6.45) is 1.38. The summed E-state index contributed by atoms with van der Waals surface area (Å²) in [7, 11) is 0. The topological polar surface area (TPSA) is 81.8 Å². The van der Waals surface area contributed by atoms with Crippen molar-refractivity contribution in [1.82, 2.24) is 20.4 Å². The van der Waals surface area contributed by atoms with E-state index in [9.17, 15) is 14.4 Å². The lowest BCUT2D eigenvalue weighted by molar-refractivity contribution is -0.139. The molecular formula is C23H34N4O3. The maximum Gasteiger partial charge on any atom is 0.317 e. The van der Waals surface area contributed by atoms with Gasteiger partial charge in [-0.3, -0.25) is 9.59 Å². The highest BCUT2D eigenvalue weighted by molar-refractivity contribution is 5.88. The first kappa shape index (κ1) is 22.1. The molecule has 30 heavy (non-hydrogen) atoms. The minimum absolute atomic E-state index is 0.00402. The molecule has 2 saturated heterocycles. The summed E-state index contributed by atoms with van der Waals surface area (Å²) in [5.74, 6) is 0.0576. The zero-order chi connectivity index (χ0) is 21.8. The number of nitrogens with zero attached hydrogens (tertiary/aromatic N) is 2. The first-order valence-electron chi connectivity index (χ1n) is 11.0. The maximum absolute atomic E-state index is 13.1. The number of hydrogen-bond acceptors (Lipinski definition) is 3. The smallest absolute Gasteiger partial charge is 0.317 e. The number of aryl methyl sites for hydroxylation is 1. The lowest BCUT2D eigenvalue weighted by atomic mass is 9.91. The molecule has 0 saturated carbocycles. The Balaban J connectivity index is 1.73. The van der Waals surface area contributed by atoms with Gasteiger partial charge in [0.05, 0.1) is 12.0 Å². The third-order valence-electron chi connectivity index (χ3n) is 6.17. The van der Waals surface area contributed by atoms with E-state index in [1.807, 2.05) is 43.0 Å². The summed E-state index contributed by atoms with van der Waals surface area (Å²) in [6.45, 7) is 9.70. The van der Waals surface area contributed by atoms with Gasteiger partial charge in [0.15, 0.2) is 0 Å². The van der Waals surface area contributed by atoms with E-state index in [-0.39, 0.29) is 42.4 Å². The fourth-order valence-corrected chi connectivity index (χ4v) is 4.73. The van der Waals surface area contributed by atoms with Gasteiger partial charge in [-0.2, -0.15) is 0 Å². The fourth-order valence-electron chi connectivity index (χ4n) is 4.73. The zero-order valence-electron chi connectivity index (χ0n) is 18.5. The molecule has 2 aliphatic heterocycles. The van der Waals surface area contributed by atoms with Gasteiger partial charge in [0, 0.05) is 25.7 Å². The van der Waals surface area contributed by atoms with Crippen molar-refractivity contribution in [2.75, 3.05) is 19.6 Å². The lowest BCUT2D eigenvalue weighted by Crippen LogP contribution is -2.59. The Hall–Kier alpha value is -2.57. The van der Waals surface area contributed by atoms with Gasteiger partial charge in [-0.05, 0) is 43.7 Å². The van der Waals surface area contributed by atoms with Crippen molar-refractivity contribution in [1.29, 1.82) is 0 Å². The van der Waals surface area contributed by atoms with Crippen LogP contribution in [-0.4, -0.2) is 59.4 Å². The average molecular weight is 415 g/mol. The van der Waals surface area contributed by atoms with Crippen LogP contribution in [0, 0.1) is 18.8 Å². The Morgan fingerprint density at radius 1 is 1.20 bits per heavy atom. The number of urea groups is 1. The van der Waals surface area contributed by atoms with E-state index in [1.165, 1.54) is 0 Å². The highest BCUT2D eigenvalue weighted by atomic mass is 16.2. The zero-order valence-corrected chi connectivity index (χ0v) is 18.5. The highest BCUT2D eigenvalue weighted by Gasteiger charge is 2.50. The van der Waals surface area contributed by atoms with Gasteiger partial charge < -0.3 is 20.4 Å². The number of hydrogen-bond donors (Lipinski definition) is 2. The van der Waals surface area contributed by atoms with E-state index in [4.69, 9.17) is 0 Å². The van der Waals surface area contributed by atoms with E-state index in [0.717, 1.165) is 17.5 Å². The van der Waals surface area contributed by atoms with Crippen LogP contribution in [-0.2, 0) is 16.1 Å². The second-order valence-corrected chi connectivity index (χ2v) is 8.85. The van der Waals surface area contributed by atoms with Gasteiger partial charge in [-0.25, -0.2) is 4.79 Å². The Morgan fingerprint density at radius 3 is 2.60 bits per heavy atom. The standard InChI is InChI=1S/C23H34N4O3/c1-5-24-23(30)26-13-18-11-19(20(10-15(2)3)27(18)21(28)14-26)22(29)25-12-17-9-7-6-8-16(17)4/h6-9,15,18-20H,5,10-14H2,1-4H3,(H,24,30)(H,25,29)/t18-,19-,20-/m0/s1. The highest BCUT2D eigenvalue weighted by Crippen LogP contribution is 2.36. The normalized spacial score (nSPS) is 23.5. The predicted octanol–water partition coefficient (Wildman–Crippen LogP) is 2.29. The Morgan fingerprint density at radius 2 is 1.93 bits per heavy atom. The quantitative estimate of drug-likeness (QED) is 0.749. The number of amides is 4. The van der Waals surface area contributed by atoms with Crippen molar-refractivity contribution >= 4 is 17.8 Å². The number of benzene rings is 1. The first-order chi connectivity index (χ1) is 14.3. The third kappa shape index (κ3) is 4.77. The molecule has 0 aromatic heterocycles. The van der Waals surface area contributed by atoms with Crippen molar-refractivity contribution in [2.24, 2.45) is 11.8 Å². The number of rotatable bonds is 6. The fraction of sp³-hybridized carbons (Fsp3) is 0.609. The molecule has 4 amide bonds. The SMILES string of the molecule is CCNC(=O)N1CC(=O)N2[C@@H](C[C@H](C(=O)NCc3ccccc3C)[C@@H]2CC(C)C)C1. The van der Waals surface area contributed by atoms with Crippen LogP contribution in [0.2, 0.25) is 0 Å². The number of carbonyl (C=O) groups excluding carboxylic acids is 3. The van der Waals surface area contributed by atoms with Gasteiger partial charge in [0.2, 0.25) is 11.8 Å². The lowest BCUT2D eigenvalue weighted by Gasteiger charge is -2.40. The molecule has 1 aromatic rings. The maximum atomic E-state index is 13.1. The molecule has 0 unspecified atom stereocenters. The van der Waals surface area contributed by atoms with E-state index < -0.39 is 0 Å². The molecule has 0 radical (unpaired) electrons. The van der Waals surface area contributed by atoms with E-state index >= 15 is 0 Å². The first-order valence-corrected chi connectivity index (χ1v) is 11.0. The largest absolute Gasteiger partial charge is 0.352 e. The van der Waals surface area contributed by atoms with Crippen LogP contribution in [0.15, 0.2) is 24.3 Å². The predicted molar refractivity (Wildman–Crippen MR) is 116 cm³/mol.